The molecule has 0 aromatic rings. The van der Waals surface area contributed by atoms with Crippen molar-refractivity contribution < 1.29 is 0 Å². The van der Waals surface area contributed by atoms with E-state index in [9.17, 15) is 0 Å². The predicted molar refractivity (Wildman–Crippen MR) is 117 cm³/mol. The standard InChI is InChI=1S/C20H37BrSi2/c1-16(2)23(17(3)4,18(5)6)15-13-19(21)12-14-22(10,11)20(7,8)9/h16-19H,1-11H3. The molecule has 0 aliphatic heterocycles. The van der Waals surface area contributed by atoms with Gasteiger partial charge in [0.25, 0.3) is 0 Å². The molecule has 3 heteroatoms. The second kappa shape index (κ2) is 8.42. The lowest BCUT2D eigenvalue weighted by Gasteiger charge is -2.38. The van der Waals surface area contributed by atoms with Crippen LogP contribution in [0.3, 0.4) is 0 Å². The molecule has 0 rings (SSSR count). The Kier molecular flexibility index (Phi) is 8.43. The van der Waals surface area contributed by atoms with Crippen molar-refractivity contribution in [2.24, 2.45) is 0 Å². The van der Waals surface area contributed by atoms with Crippen LogP contribution in [0.1, 0.15) is 62.3 Å². The maximum Gasteiger partial charge on any atom is 0.146 e. The zero-order valence-electron chi connectivity index (χ0n) is 17.2. The molecule has 0 aromatic carbocycles. The molecule has 132 valence electrons. The molecule has 0 aliphatic carbocycles. The van der Waals surface area contributed by atoms with Crippen molar-refractivity contribution in [1.29, 1.82) is 0 Å². The first-order valence-corrected chi connectivity index (χ1v) is 15.0. The third-order valence-corrected chi connectivity index (χ3v) is 17.0. The largest absolute Gasteiger partial charge is 0.146 e. The molecular formula is C20H37BrSi2. The summed E-state index contributed by atoms with van der Waals surface area (Å²) in [4.78, 5) is -0.000231. The van der Waals surface area contributed by atoms with Gasteiger partial charge in [-0.1, -0.05) is 103 Å². The van der Waals surface area contributed by atoms with E-state index in [1.54, 1.807) is 0 Å². The molecule has 0 spiro atoms. The summed E-state index contributed by atoms with van der Waals surface area (Å²) in [6.07, 6.45) is 0. The molecule has 0 radical (unpaired) electrons. The number of rotatable bonds is 3. The Bertz CT molecular complexity index is 480. The Morgan fingerprint density at radius 3 is 1.39 bits per heavy atom. The highest BCUT2D eigenvalue weighted by molar-refractivity contribution is 9.09. The topological polar surface area (TPSA) is 0 Å². The Morgan fingerprint density at radius 2 is 1.09 bits per heavy atom. The number of hydrogen-bond acceptors (Lipinski definition) is 0. The molecule has 0 nitrogen and oxygen atoms in total. The van der Waals surface area contributed by atoms with Crippen molar-refractivity contribution in [2.75, 3.05) is 0 Å². The minimum Gasteiger partial charge on any atom is -0.129 e. The van der Waals surface area contributed by atoms with Gasteiger partial charge in [0.2, 0.25) is 0 Å². The molecule has 1 unspecified atom stereocenters. The van der Waals surface area contributed by atoms with Crippen molar-refractivity contribution in [1.82, 2.24) is 0 Å². The van der Waals surface area contributed by atoms with E-state index >= 15 is 0 Å². The fourth-order valence-electron chi connectivity index (χ4n) is 3.09. The summed E-state index contributed by atoms with van der Waals surface area (Å²) in [7, 11) is -3.21. The molecular weight excluding hydrogens is 376 g/mol. The molecule has 0 heterocycles. The molecule has 0 aromatic heterocycles. The van der Waals surface area contributed by atoms with Crippen LogP contribution < -0.4 is 0 Å². The number of alkyl halides is 1. The van der Waals surface area contributed by atoms with Gasteiger partial charge in [-0.25, -0.2) is 0 Å². The second-order valence-corrected chi connectivity index (χ2v) is 20.7. The average molecular weight is 414 g/mol. The van der Waals surface area contributed by atoms with Crippen LogP contribution in [0.5, 0.6) is 0 Å². The molecule has 0 aliphatic rings. The van der Waals surface area contributed by atoms with Gasteiger partial charge in [-0.2, -0.15) is 0 Å². The summed E-state index contributed by atoms with van der Waals surface area (Å²) >= 11 is 3.69. The summed E-state index contributed by atoms with van der Waals surface area (Å²) in [5.74, 6) is 6.86. The van der Waals surface area contributed by atoms with E-state index in [0.717, 1.165) is 0 Å². The maximum atomic E-state index is 3.76. The van der Waals surface area contributed by atoms with Crippen molar-refractivity contribution in [2.45, 2.75) is 102 Å². The Labute approximate surface area is 156 Å². The van der Waals surface area contributed by atoms with Gasteiger partial charge in [0, 0.05) is 0 Å². The Balaban J connectivity index is 5.56. The van der Waals surface area contributed by atoms with Crippen molar-refractivity contribution in [3.63, 3.8) is 0 Å². The van der Waals surface area contributed by atoms with E-state index < -0.39 is 16.1 Å². The van der Waals surface area contributed by atoms with Crippen molar-refractivity contribution in [3.05, 3.63) is 0 Å². The van der Waals surface area contributed by atoms with Gasteiger partial charge in [-0.15, -0.1) is 11.1 Å². The van der Waals surface area contributed by atoms with E-state index in [2.05, 4.69) is 114 Å². The first-order chi connectivity index (χ1) is 10.2. The summed E-state index contributed by atoms with van der Waals surface area (Å²) in [5.41, 5.74) is 9.35. The van der Waals surface area contributed by atoms with Gasteiger partial charge in [-0.05, 0) is 21.7 Å². The zero-order chi connectivity index (χ0) is 18.6. The van der Waals surface area contributed by atoms with Gasteiger partial charge in [0.15, 0.2) is 0 Å². The van der Waals surface area contributed by atoms with Crippen LogP contribution in [0.25, 0.3) is 0 Å². The molecule has 0 saturated heterocycles. The average Bonchev–Trinajstić information content (AvgIpc) is 2.34. The fourth-order valence-corrected chi connectivity index (χ4v) is 9.88. The highest BCUT2D eigenvalue weighted by atomic mass is 79.9. The van der Waals surface area contributed by atoms with Crippen LogP contribution in [0, 0.1) is 22.9 Å². The number of hydrogen-bond donors (Lipinski definition) is 0. The van der Waals surface area contributed by atoms with E-state index in [1.165, 1.54) is 0 Å². The monoisotopic (exact) mass is 412 g/mol. The lowest BCUT2D eigenvalue weighted by Crippen LogP contribution is -2.43. The highest BCUT2D eigenvalue weighted by Crippen LogP contribution is 2.40. The number of halogens is 1. The van der Waals surface area contributed by atoms with Gasteiger partial charge in [0.1, 0.15) is 21.0 Å². The minimum absolute atomic E-state index is 0.000231. The molecule has 0 amide bonds. The van der Waals surface area contributed by atoms with Gasteiger partial charge in [-0.3, -0.25) is 0 Å². The van der Waals surface area contributed by atoms with Crippen molar-refractivity contribution >= 4 is 32.1 Å². The summed E-state index contributed by atoms with van der Waals surface area (Å²) < 4.78 is 0. The maximum absolute atomic E-state index is 3.76. The van der Waals surface area contributed by atoms with Crippen LogP contribution in [-0.4, -0.2) is 21.0 Å². The third-order valence-electron chi connectivity index (χ3n) is 5.67. The lowest BCUT2D eigenvalue weighted by atomic mass is 10.2. The Hall–Kier alpha value is 0.0338. The third kappa shape index (κ3) is 5.80. The van der Waals surface area contributed by atoms with E-state index in [-0.39, 0.29) is 4.83 Å². The molecule has 1 atom stereocenters. The first kappa shape index (κ1) is 23.0. The summed E-state index contributed by atoms with van der Waals surface area (Å²) in [6, 6.07) is 0. The van der Waals surface area contributed by atoms with Gasteiger partial charge >= 0.3 is 0 Å². The first-order valence-electron chi connectivity index (χ1n) is 8.88. The zero-order valence-corrected chi connectivity index (χ0v) is 20.8. The normalized spacial score (nSPS) is 14.4. The van der Waals surface area contributed by atoms with Crippen molar-refractivity contribution in [3.8, 4) is 22.9 Å². The van der Waals surface area contributed by atoms with Crippen LogP contribution in [0.2, 0.25) is 34.8 Å². The molecule has 23 heavy (non-hydrogen) atoms. The van der Waals surface area contributed by atoms with E-state index in [4.69, 9.17) is 0 Å². The smallest absolute Gasteiger partial charge is 0.129 e. The van der Waals surface area contributed by atoms with Crippen LogP contribution in [0.15, 0.2) is 0 Å². The van der Waals surface area contributed by atoms with Gasteiger partial charge in [0.05, 0.1) is 0 Å². The van der Waals surface area contributed by atoms with E-state index in [1.807, 2.05) is 0 Å². The quantitative estimate of drug-likeness (QED) is 0.265. The SMILES string of the molecule is CC(C)[Si](C#CC(Br)C#C[Si](C)(C)C(C)(C)C)(C(C)C)C(C)C. The Morgan fingerprint density at radius 1 is 0.739 bits per heavy atom. The van der Waals surface area contributed by atoms with Gasteiger partial charge < -0.3 is 0 Å². The molecule has 0 bridgehead atoms. The minimum atomic E-state index is -1.65. The van der Waals surface area contributed by atoms with Crippen LogP contribution in [-0.2, 0) is 0 Å². The van der Waals surface area contributed by atoms with E-state index in [0.29, 0.717) is 21.7 Å². The van der Waals surface area contributed by atoms with Crippen LogP contribution >= 0.6 is 15.9 Å². The predicted octanol–water partition coefficient (Wildman–Crippen LogP) is 7.02. The van der Waals surface area contributed by atoms with Crippen LogP contribution in [0.4, 0.5) is 0 Å². The highest BCUT2D eigenvalue weighted by Gasteiger charge is 2.41. The molecule has 0 saturated carbocycles. The molecule has 0 fully saturated rings. The fraction of sp³-hybridized carbons (Fsp3) is 0.800. The summed E-state index contributed by atoms with van der Waals surface area (Å²) in [6.45, 7) is 25.7. The molecule has 0 N–H and O–H groups in total. The summed E-state index contributed by atoms with van der Waals surface area (Å²) in [5, 5.41) is 0.298. The lowest BCUT2D eigenvalue weighted by molar-refractivity contribution is 0.731. The second-order valence-electron chi connectivity index (χ2n) is 9.17.